The maximum Gasteiger partial charge on any atom is 0.416 e. The van der Waals surface area contributed by atoms with Gasteiger partial charge in [-0.3, -0.25) is 25.0 Å². The molecule has 0 aliphatic heterocycles. The molecule has 170 valence electrons. The molecular formula is C19H11F3N4O7. The summed E-state index contributed by atoms with van der Waals surface area (Å²) in [6, 6.07) is 7.71. The van der Waals surface area contributed by atoms with E-state index in [-0.39, 0.29) is 17.1 Å². The summed E-state index contributed by atoms with van der Waals surface area (Å²) in [5.41, 5.74) is -4.20. The number of benzene rings is 2. The number of ether oxygens (including phenoxy) is 1. The van der Waals surface area contributed by atoms with Crippen molar-refractivity contribution in [1.29, 1.82) is 0 Å². The Morgan fingerprint density at radius 3 is 2.33 bits per heavy atom. The molecule has 2 aromatic carbocycles. The fourth-order valence-corrected chi connectivity index (χ4v) is 2.64. The minimum atomic E-state index is -4.79. The number of nitro benzene ring substituents is 1. The number of hydrogen-bond donors (Lipinski definition) is 2. The monoisotopic (exact) mass is 464 g/mol. The summed E-state index contributed by atoms with van der Waals surface area (Å²) in [4.78, 5) is 37.2. The van der Waals surface area contributed by atoms with Gasteiger partial charge in [0.05, 0.1) is 15.4 Å². The van der Waals surface area contributed by atoms with Gasteiger partial charge >= 0.3 is 23.1 Å². The van der Waals surface area contributed by atoms with Crippen molar-refractivity contribution in [3.8, 4) is 17.4 Å². The first kappa shape index (κ1) is 22.9. The van der Waals surface area contributed by atoms with E-state index in [2.05, 4.69) is 9.97 Å². The second-order valence-electron chi connectivity index (χ2n) is 6.29. The molecule has 0 fully saturated rings. The van der Waals surface area contributed by atoms with Crippen molar-refractivity contribution < 1.29 is 32.9 Å². The molecule has 0 saturated carbocycles. The predicted molar refractivity (Wildman–Crippen MR) is 107 cm³/mol. The van der Waals surface area contributed by atoms with E-state index in [0.717, 1.165) is 12.1 Å². The molecule has 3 rings (SSSR count). The number of aromatic amines is 1. The van der Waals surface area contributed by atoms with Gasteiger partial charge in [0.25, 0.3) is 5.88 Å². The predicted octanol–water partition coefficient (Wildman–Crippen LogP) is 4.27. The Morgan fingerprint density at radius 2 is 1.73 bits per heavy atom. The van der Waals surface area contributed by atoms with Crippen molar-refractivity contribution in [2.45, 2.75) is 6.18 Å². The number of nitrogens with zero attached hydrogens (tertiary/aromatic N) is 3. The van der Waals surface area contributed by atoms with E-state index < -0.39 is 50.1 Å². The van der Waals surface area contributed by atoms with Crippen molar-refractivity contribution in [1.82, 2.24) is 9.97 Å². The second-order valence-corrected chi connectivity index (χ2v) is 6.29. The second kappa shape index (κ2) is 8.78. The van der Waals surface area contributed by atoms with E-state index in [1.165, 1.54) is 24.3 Å². The first-order valence-electron chi connectivity index (χ1n) is 8.75. The summed E-state index contributed by atoms with van der Waals surface area (Å²) in [6.45, 7) is 0. The summed E-state index contributed by atoms with van der Waals surface area (Å²) in [7, 11) is 0. The van der Waals surface area contributed by atoms with E-state index in [4.69, 9.17) is 4.74 Å². The van der Waals surface area contributed by atoms with Crippen LogP contribution in [0.25, 0.3) is 12.2 Å². The number of aromatic hydroxyl groups is 1. The molecule has 0 atom stereocenters. The molecule has 0 aliphatic carbocycles. The van der Waals surface area contributed by atoms with Crippen LogP contribution in [0.3, 0.4) is 0 Å². The molecule has 0 unspecified atom stereocenters. The van der Waals surface area contributed by atoms with Gasteiger partial charge in [0.1, 0.15) is 11.6 Å². The van der Waals surface area contributed by atoms with Crippen LogP contribution >= 0.6 is 0 Å². The van der Waals surface area contributed by atoms with Gasteiger partial charge < -0.3 is 14.8 Å². The van der Waals surface area contributed by atoms with Gasteiger partial charge in [-0.25, -0.2) is 0 Å². The quantitative estimate of drug-likeness (QED) is 0.404. The van der Waals surface area contributed by atoms with E-state index in [9.17, 15) is 43.3 Å². The molecule has 3 aromatic rings. The average molecular weight is 464 g/mol. The molecule has 11 nitrogen and oxygen atoms in total. The van der Waals surface area contributed by atoms with Crippen molar-refractivity contribution >= 4 is 23.5 Å². The Hall–Kier alpha value is -4.75. The summed E-state index contributed by atoms with van der Waals surface area (Å²) >= 11 is 0. The zero-order valence-electron chi connectivity index (χ0n) is 16.1. The van der Waals surface area contributed by atoms with Crippen LogP contribution in [0, 0.1) is 20.2 Å². The van der Waals surface area contributed by atoms with Crippen LogP contribution in [0.5, 0.6) is 17.4 Å². The largest absolute Gasteiger partial charge is 0.488 e. The average Bonchev–Trinajstić information content (AvgIpc) is 2.71. The van der Waals surface area contributed by atoms with Crippen molar-refractivity contribution in [2.75, 3.05) is 0 Å². The van der Waals surface area contributed by atoms with Crippen LogP contribution in [0.1, 0.15) is 17.0 Å². The maximum atomic E-state index is 12.9. The molecule has 33 heavy (non-hydrogen) atoms. The Morgan fingerprint density at radius 1 is 1.03 bits per heavy atom. The third-order valence-electron chi connectivity index (χ3n) is 4.12. The molecule has 0 aliphatic rings. The topological polar surface area (TPSA) is 161 Å². The summed E-state index contributed by atoms with van der Waals surface area (Å²) < 4.78 is 44.1. The fraction of sp³-hybridized carbons (Fsp3) is 0.0526. The minimum Gasteiger partial charge on any atom is -0.488 e. The lowest BCUT2D eigenvalue weighted by Gasteiger charge is -2.11. The van der Waals surface area contributed by atoms with Crippen LogP contribution in [-0.2, 0) is 6.18 Å². The van der Waals surface area contributed by atoms with E-state index in [1.807, 2.05) is 0 Å². The van der Waals surface area contributed by atoms with Crippen molar-refractivity contribution in [2.24, 2.45) is 0 Å². The molecule has 1 aromatic heterocycles. The lowest BCUT2D eigenvalue weighted by Crippen LogP contribution is -2.14. The SMILES string of the molecule is O=c1[nH]c(/C=C\c2ccccc2Oc2ccc(C(F)(F)F)cc2[N+](=O)[O-])nc(O)c1[N+](=O)[O-]. The highest BCUT2D eigenvalue weighted by molar-refractivity contribution is 5.71. The molecule has 0 spiro atoms. The van der Waals surface area contributed by atoms with Gasteiger partial charge in [0, 0.05) is 11.6 Å². The number of halogens is 3. The maximum absolute atomic E-state index is 12.9. The Kier molecular flexibility index (Phi) is 6.10. The Balaban J connectivity index is 1.96. The van der Waals surface area contributed by atoms with Crippen LogP contribution in [0.4, 0.5) is 24.5 Å². The van der Waals surface area contributed by atoms with Gasteiger partial charge in [-0.05, 0) is 30.4 Å². The van der Waals surface area contributed by atoms with Crippen LogP contribution in [0.2, 0.25) is 0 Å². The smallest absolute Gasteiger partial charge is 0.416 e. The fourth-order valence-electron chi connectivity index (χ4n) is 2.64. The van der Waals surface area contributed by atoms with Crippen LogP contribution < -0.4 is 10.3 Å². The normalized spacial score (nSPS) is 11.5. The lowest BCUT2D eigenvalue weighted by atomic mass is 10.1. The standard InChI is InChI=1S/C19H11F3N4O7/c20-19(21,22)11-6-7-14(12(9-11)25(29)30)33-13-4-2-1-3-10(13)5-8-15-23-17(27)16(26(31)32)18(28)24-15/h1-9H,(H2,23,24,27,28)/b8-5-. The molecule has 0 amide bonds. The van der Waals surface area contributed by atoms with Crippen molar-refractivity contribution in [3.63, 3.8) is 0 Å². The highest BCUT2D eigenvalue weighted by atomic mass is 19.4. The Bertz CT molecular complexity index is 1340. The van der Waals surface area contributed by atoms with Gasteiger partial charge in [0.15, 0.2) is 0 Å². The Labute approximate surface area is 180 Å². The number of rotatable bonds is 6. The molecule has 14 heteroatoms. The van der Waals surface area contributed by atoms with Crippen molar-refractivity contribution in [3.05, 3.63) is 90.0 Å². The molecule has 0 radical (unpaired) electrons. The number of nitrogens with one attached hydrogen (secondary N) is 1. The number of hydrogen-bond acceptors (Lipinski definition) is 8. The van der Waals surface area contributed by atoms with E-state index in [1.54, 1.807) is 6.07 Å². The number of para-hydroxylation sites is 1. The zero-order chi connectivity index (χ0) is 24.3. The molecule has 0 saturated heterocycles. The highest BCUT2D eigenvalue weighted by Gasteiger charge is 2.33. The van der Waals surface area contributed by atoms with E-state index >= 15 is 0 Å². The summed E-state index contributed by atoms with van der Waals surface area (Å²) in [5.74, 6) is -1.80. The molecule has 1 heterocycles. The molecular weight excluding hydrogens is 453 g/mol. The number of nitro groups is 2. The minimum absolute atomic E-state index is 0.00471. The molecule has 0 bridgehead atoms. The third kappa shape index (κ3) is 5.12. The van der Waals surface area contributed by atoms with Crippen LogP contribution in [0.15, 0.2) is 47.3 Å². The third-order valence-corrected chi connectivity index (χ3v) is 4.12. The van der Waals surface area contributed by atoms with Gasteiger partial charge in [-0.2, -0.15) is 18.2 Å². The number of alkyl halides is 3. The first-order valence-corrected chi connectivity index (χ1v) is 8.75. The summed E-state index contributed by atoms with van der Waals surface area (Å²) in [5, 5.41) is 31.6. The highest BCUT2D eigenvalue weighted by Crippen LogP contribution is 2.38. The first-order chi connectivity index (χ1) is 15.5. The van der Waals surface area contributed by atoms with Gasteiger partial charge in [-0.15, -0.1) is 0 Å². The number of H-pyrrole nitrogens is 1. The van der Waals surface area contributed by atoms with Crippen LogP contribution in [-0.4, -0.2) is 24.9 Å². The van der Waals surface area contributed by atoms with Gasteiger partial charge in [0.2, 0.25) is 5.75 Å². The molecule has 2 N–H and O–H groups in total. The van der Waals surface area contributed by atoms with Gasteiger partial charge in [-0.1, -0.05) is 18.2 Å². The lowest BCUT2D eigenvalue weighted by molar-refractivity contribution is -0.387. The zero-order valence-corrected chi connectivity index (χ0v) is 16.1. The summed E-state index contributed by atoms with van der Waals surface area (Å²) in [6.07, 6.45) is -2.33. The number of aromatic nitrogens is 2. The van der Waals surface area contributed by atoms with E-state index in [0.29, 0.717) is 12.1 Å².